The van der Waals surface area contributed by atoms with Crippen LogP contribution in [0.5, 0.6) is 0 Å². The molecule has 2 aromatic heterocycles. The fourth-order valence-electron chi connectivity index (χ4n) is 1.36. The molecule has 0 unspecified atom stereocenters. The zero-order chi connectivity index (χ0) is 13.2. The first-order chi connectivity index (χ1) is 8.53. The Morgan fingerprint density at radius 1 is 1.28 bits per heavy atom. The average Bonchev–Trinajstić information content (AvgIpc) is 2.74. The van der Waals surface area contributed by atoms with Gasteiger partial charge in [-0.2, -0.15) is 5.10 Å². The molecular formula is C10H13N5O2S. The molecule has 2 aromatic rings. The van der Waals surface area contributed by atoms with Crippen molar-refractivity contribution in [1.82, 2.24) is 14.8 Å². The van der Waals surface area contributed by atoms with Gasteiger partial charge in [0.25, 0.3) is 10.0 Å². The third kappa shape index (κ3) is 2.43. The van der Waals surface area contributed by atoms with Gasteiger partial charge in [0.1, 0.15) is 16.5 Å². The predicted molar refractivity (Wildman–Crippen MR) is 67.8 cm³/mol. The summed E-state index contributed by atoms with van der Waals surface area (Å²) in [5.41, 5.74) is 0. The van der Waals surface area contributed by atoms with E-state index in [-0.39, 0.29) is 4.90 Å². The summed E-state index contributed by atoms with van der Waals surface area (Å²) >= 11 is 0. The van der Waals surface area contributed by atoms with Crippen LogP contribution >= 0.6 is 0 Å². The molecule has 8 heteroatoms. The van der Waals surface area contributed by atoms with Gasteiger partial charge in [0.2, 0.25) is 0 Å². The summed E-state index contributed by atoms with van der Waals surface area (Å²) in [6, 6.07) is 4.66. The van der Waals surface area contributed by atoms with Gasteiger partial charge in [-0.15, -0.1) is 0 Å². The lowest BCUT2D eigenvalue weighted by Crippen LogP contribution is -2.15. The van der Waals surface area contributed by atoms with Crippen LogP contribution in [0.2, 0.25) is 0 Å². The van der Waals surface area contributed by atoms with E-state index in [1.165, 1.54) is 23.1 Å². The Balaban J connectivity index is 2.28. The van der Waals surface area contributed by atoms with Crippen LogP contribution in [0, 0.1) is 0 Å². The molecule has 0 atom stereocenters. The minimum Gasteiger partial charge on any atom is -0.373 e. The van der Waals surface area contributed by atoms with Crippen molar-refractivity contribution in [3.8, 4) is 0 Å². The first kappa shape index (κ1) is 12.4. The minimum atomic E-state index is -3.63. The molecule has 2 heterocycles. The van der Waals surface area contributed by atoms with Gasteiger partial charge in [-0.1, -0.05) is 0 Å². The maximum absolute atomic E-state index is 12.0. The Bertz CT molecular complexity index is 633. The Kier molecular flexibility index (Phi) is 3.19. The highest BCUT2D eigenvalue weighted by molar-refractivity contribution is 7.92. The monoisotopic (exact) mass is 267 g/mol. The van der Waals surface area contributed by atoms with Gasteiger partial charge in [0, 0.05) is 26.4 Å². The van der Waals surface area contributed by atoms with Gasteiger partial charge in [0.15, 0.2) is 0 Å². The van der Waals surface area contributed by atoms with Crippen molar-refractivity contribution < 1.29 is 8.42 Å². The summed E-state index contributed by atoms with van der Waals surface area (Å²) in [7, 11) is -0.266. The van der Waals surface area contributed by atoms with E-state index >= 15 is 0 Å². The number of rotatable bonds is 4. The van der Waals surface area contributed by atoms with E-state index in [0.29, 0.717) is 11.6 Å². The molecule has 7 nitrogen and oxygen atoms in total. The van der Waals surface area contributed by atoms with Crippen molar-refractivity contribution in [2.75, 3.05) is 17.1 Å². The number of aryl methyl sites for hydroxylation is 1. The quantitative estimate of drug-likeness (QED) is 0.849. The number of nitrogens with one attached hydrogen (secondary N) is 2. The van der Waals surface area contributed by atoms with Gasteiger partial charge in [-0.25, -0.2) is 13.4 Å². The number of hydrogen-bond acceptors (Lipinski definition) is 5. The third-order valence-electron chi connectivity index (χ3n) is 2.36. The summed E-state index contributed by atoms with van der Waals surface area (Å²) in [4.78, 5) is 4.06. The molecular weight excluding hydrogens is 254 g/mol. The fourth-order valence-corrected chi connectivity index (χ4v) is 2.39. The molecule has 0 bridgehead atoms. The topological polar surface area (TPSA) is 88.9 Å². The number of nitrogens with zero attached hydrogens (tertiary/aromatic N) is 3. The molecule has 0 aliphatic rings. The van der Waals surface area contributed by atoms with Crippen LogP contribution in [0.15, 0.2) is 35.5 Å². The molecule has 0 aliphatic heterocycles. The van der Waals surface area contributed by atoms with E-state index in [1.807, 2.05) is 0 Å². The average molecular weight is 267 g/mol. The minimum absolute atomic E-state index is 0.0997. The molecule has 0 saturated heterocycles. The maximum Gasteiger partial charge on any atom is 0.264 e. The molecule has 0 spiro atoms. The Hall–Kier alpha value is -2.09. The van der Waals surface area contributed by atoms with Crippen LogP contribution in [-0.2, 0) is 17.1 Å². The van der Waals surface area contributed by atoms with Crippen molar-refractivity contribution in [3.63, 3.8) is 0 Å². The van der Waals surface area contributed by atoms with Crippen LogP contribution in [0.1, 0.15) is 0 Å². The molecule has 0 aliphatic carbocycles. The summed E-state index contributed by atoms with van der Waals surface area (Å²) < 4.78 is 27.9. The molecule has 0 amide bonds. The molecule has 0 saturated carbocycles. The molecule has 96 valence electrons. The highest BCUT2D eigenvalue weighted by atomic mass is 32.2. The lowest BCUT2D eigenvalue weighted by molar-refractivity contribution is 0.600. The van der Waals surface area contributed by atoms with Crippen LogP contribution in [0.3, 0.4) is 0 Å². The second-order valence-corrected chi connectivity index (χ2v) is 5.26. The standard InChI is InChI=1S/C10H13N5O2S/c1-11-9-4-3-8(7-12-9)18(16,17)14-10-5-6-13-15(10)2/h3-7,14H,1-2H3,(H,11,12). The largest absolute Gasteiger partial charge is 0.373 e. The number of anilines is 2. The van der Waals surface area contributed by atoms with Crippen molar-refractivity contribution in [2.45, 2.75) is 4.90 Å². The van der Waals surface area contributed by atoms with E-state index in [0.717, 1.165) is 0 Å². The highest BCUT2D eigenvalue weighted by Crippen LogP contribution is 2.15. The van der Waals surface area contributed by atoms with Gasteiger partial charge >= 0.3 is 0 Å². The van der Waals surface area contributed by atoms with Crippen molar-refractivity contribution in [2.24, 2.45) is 7.05 Å². The van der Waals surface area contributed by atoms with Crippen LogP contribution < -0.4 is 10.0 Å². The van der Waals surface area contributed by atoms with E-state index in [2.05, 4.69) is 20.1 Å². The SMILES string of the molecule is CNc1ccc(S(=O)(=O)Nc2ccnn2C)cn1. The van der Waals surface area contributed by atoms with E-state index in [4.69, 9.17) is 0 Å². The van der Waals surface area contributed by atoms with E-state index in [1.54, 1.807) is 26.2 Å². The molecule has 2 N–H and O–H groups in total. The summed E-state index contributed by atoms with van der Waals surface area (Å²) in [6.07, 6.45) is 2.81. The fraction of sp³-hybridized carbons (Fsp3) is 0.200. The zero-order valence-electron chi connectivity index (χ0n) is 9.95. The lowest BCUT2D eigenvalue weighted by Gasteiger charge is -2.08. The Morgan fingerprint density at radius 3 is 2.56 bits per heavy atom. The smallest absolute Gasteiger partial charge is 0.264 e. The van der Waals surface area contributed by atoms with Crippen molar-refractivity contribution in [1.29, 1.82) is 0 Å². The second kappa shape index (κ2) is 4.65. The van der Waals surface area contributed by atoms with Gasteiger partial charge in [-0.05, 0) is 12.1 Å². The zero-order valence-corrected chi connectivity index (χ0v) is 10.8. The lowest BCUT2D eigenvalue weighted by atomic mass is 10.5. The van der Waals surface area contributed by atoms with Crippen LogP contribution in [0.4, 0.5) is 11.6 Å². The second-order valence-electron chi connectivity index (χ2n) is 3.57. The summed E-state index contributed by atoms with van der Waals surface area (Å²) in [5, 5.41) is 6.71. The molecule has 0 fully saturated rings. The molecule has 0 aromatic carbocycles. The predicted octanol–water partition coefficient (Wildman–Crippen LogP) is 0.658. The summed E-state index contributed by atoms with van der Waals surface area (Å²) in [6.45, 7) is 0. The van der Waals surface area contributed by atoms with E-state index in [9.17, 15) is 8.42 Å². The summed E-state index contributed by atoms with van der Waals surface area (Å²) in [5.74, 6) is 1.00. The van der Waals surface area contributed by atoms with Crippen molar-refractivity contribution >= 4 is 21.7 Å². The first-order valence-corrected chi connectivity index (χ1v) is 6.66. The Labute approximate surface area is 105 Å². The van der Waals surface area contributed by atoms with Crippen molar-refractivity contribution in [3.05, 3.63) is 30.6 Å². The van der Waals surface area contributed by atoms with Gasteiger partial charge < -0.3 is 5.32 Å². The highest BCUT2D eigenvalue weighted by Gasteiger charge is 2.16. The molecule has 2 rings (SSSR count). The van der Waals surface area contributed by atoms with Gasteiger partial charge in [-0.3, -0.25) is 9.40 Å². The van der Waals surface area contributed by atoms with Crippen LogP contribution in [0.25, 0.3) is 0 Å². The third-order valence-corrected chi connectivity index (χ3v) is 3.70. The normalized spacial score (nSPS) is 11.2. The number of aromatic nitrogens is 3. The van der Waals surface area contributed by atoms with Crippen LogP contribution in [-0.4, -0.2) is 30.2 Å². The maximum atomic E-state index is 12.0. The van der Waals surface area contributed by atoms with Gasteiger partial charge in [0.05, 0.1) is 6.20 Å². The number of sulfonamides is 1. The van der Waals surface area contributed by atoms with E-state index < -0.39 is 10.0 Å². The molecule has 0 radical (unpaired) electrons. The molecule has 18 heavy (non-hydrogen) atoms. The number of pyridine rings is 1. The first-order valence-electron chi connectivity index (χ1n) is 5.17. The Morgan fingerprint density at radius 2 is 2.06 bits per heavy atom. The number of hydrogen-bond donors (Lipinski definition) is 2.